The lowest BCUT2D eigenvalue weighted by Crippen LogP contribution is -2.03. The minimum Gasteiger partial charge on any atom is -0.338 e. The van der Waals surface area contributed by atoms with Crippen molar-refractivity contribution in [3.05, 3.63) is 71.7 Å². The normalized spacial score (nSPS) is 9.89. The molecule has 27 heavy (non-hydrogen) atoms. The Balaban J connectivity index is 1.74. The second kappa shape index (κ2) is 8.41. The average molecular weight is 358 g/mol. The molecule has 0 radical (unpaired) electrons. The number of nitrogens with zero attached hydrogens (tertiary/aromatic N) is 4. The molecule has 3 rings (SSSR count). The Labute approximate surface area is 155 Å². The van der Waals surface area contributed by atoms with E-state index in [9.17, 15) is 4.39 Å². The first-order chi connectivity index (χ1) is 13.2. The number of nitrogens with one attached hydrogen (secondary N) is 2. The molecule has 0 amide bonds. The fraction of sp³-hybridized carbons (Fsp3) is 0.100. The maximum absolute atomic E-state index is 14.0. The van der Waals surface area contributed by atoms with Crippen LogP contribution in [0, 0.1) is 28.5 Å². The van der Waals surface area contributed by atoms with E-state index in [4.69, 9.17) is 10.5 Å². The summed E-state index contributed by atoms with van der Waals surface area (Å²) in [4.78, 5) is 8.11. The number of aromatic nitrogens is 2. The van der Waals surface area contributed by atoms with E-state index in [1.54, 1.807) is 36.4 Å². The monoisotopic (exact) mass is 358 g/mol. The molecule has 1 aromatic heterocycles. The SMILES string of the molecule is N#CCc1ccc(Nc2ncc(F)c(Nc3ccc(CC#N)cc3)n2)cc1. The summed E-state index contributed by atoms with van der Waals surface area (Å²) in [6.07, 6.45) is 1.75. The average Bonchev–Trinajstić information content (AvgIpc) is 2.68. The first-order valence-corrected chi connectivity index (χ1v) is 8.16. The Morgan fingerprint density at radius 1 is 0.815 bits per heavy atom. The molecule has 7 heteroatoms. The summed E-state index contributed by atoms with van der Waals surface area (Å²) in [5, 5.41) is 23.3. The van der Waals surface area contributed by atoms with E-state index in [2.05, 4.69) is 32.7 Å². The number of nitriles is 2. The third-order valence-electron chi connectivity index (χ3n) is 3.74. The van der Waals surface area contributed by atoms with E-state index >= 15 is 0 Å². The van der Waals surface area contributed by atoms with Gasteiger partial charge in [-0.05, 0) is 35.4 Å². The molecule has 132 valence electrons. The van der Waals surface area contributed by atoms with Crippen molar-refractivity contribution in [3.8, 4) is 12.1 Å². The van der Waals surface area contributed by atoms with Gasteiger partial charge in [0, 0.05) is 11.4 Å². The number of hydrogen-bond donors (Lipinski definition) is 2. The third kappa shape index (κ3) is 4.77. The molecule has 6 nitrogen and oxygen atoms in total. The third-order valence-corrected chi connectivity index (χ3v) is 3.74. The van der Waals surface area contributed by atoms with Crippen LogP contribution in [-0.2, 0) is 12.8 Å². The van der Waals surface area contributed by atoms with Gasteiger partial charge in [-0.25, -0.2) is 9.37 Å². The molecule has 1 heterocycles. The van der Waals surface area contributed by atoms with Crippen molar-refractivity contribution in [1.82, 2.24) is 9.97 Å². The lowest BCUT2D eigenvalue weighted by atomic mass is 10.1. The summed E-state index contributed by atoms with van der Waals surface area (Å²) < 4.78 is 14.0. The molecule has 2 N–H and O–H groups in total. The smallest absolute Gasteiger partial charge is 0.229 e. The quantitative estimate of drug-likeness (QED) is 0.684. The van der Waals surface area contributed by atoms with Gasteiger partial charge in [-0.2, -0.15) is 15.5 Å². The summed E-state index contributed by atoms with van der Waals surface area (Å²) in [7, 11) is 0. The van der Waals surface area contributed by atoms with Crippen molar-refractivity contribution in [2.75, 3.05) is 10.6 Å². The van der Waals surface area contributed by atoms with Crippen LogP contribution in [0.25, 0.3) is 0 Å². The molecule has 0 aliphatic carbocycles. The zero-order valence-electron chi connectivity index (χ0n) is 14.3. The zero-order chi connectivity index (χ0) is 19.1. The van der Waals surface area contributed by atoms with Gasteiger partial charge < -0.3 is 10.6 Å². The van der Waals surface area contributed by atoms with Gasteiger partial charge in [-0.15, -0.1) is 0 Å². The van der Waals surface area contributed by atoms with E-state index in [1.165, 1.54) is 0 Å². The maximum Gasteiger partial charge on any atom is 0.229 e. The molecule has 0 fully saturated rings. The summed E-state index contributed by atoms with van der Waals surface area (Å²) in [6.45, 7) is 0. The zero-order valence-corrected chi connectivity index (χ0v) is 14.3. The first-order valence-electron chi connectivity index (χ1n) is 8.16. The molecule has 0 aliphatic rings. The van der Waals surface area contributed by atoms with Crippen LogP contribution in [0.4, 0.5) is 27.5 Å². The Kier molecular flexibility index (Phi) is 5.56. The molecule has 0 bridgehead atoms. The van der Waals surface area contributed by atoms with Crippen LogP contribution in [-0.4, -0.2) is 9.97 Å². The number of halogens is 1. The highest BCUT2D eigenvalue weighted by molar-refractivity contribution is 5.60. The lowest BCUT2D eigenvalue weighted by molar-refractivity contribution is 0.619. The standard InChI is InChI=1S/C20H15FN6/c21-18-13-24-20(26-17-7-3-15(4-8-17)10-12-23)27-19(18)25-16-5-1-14(2-6-16)9-11-22/h1-8,13H,9-10H2,(H2,24,25,26,27). The van der Waals surface area contributed by atoms with Gasteiger partial charge in [-0.3, -0.25) is 0 Å². The number of anilines is 4. The predicted octanol–water partition coefficient (Wildman–Crippen LogP) is 4.24. The maximum atomic E-state index is 14.0. The van der Waals surface area contributed by atoms with Gasteiger partial charge in [0.15, 0.2) is 11.6 Å². The second-order valence-electron chi connectivity index (χ2n) is 5.70. The van der Waals surface area contributed by atoms with Crippen LogP contribution < -0.4 is 10.6 Å². The van der Waals surface area contributed by atoms with Crippen LogP contribution in [0.5, 0.6) is 0 Å². The Morgan fingerprint density at radius 3 is 1.85 bits per heavy atom. The van der Waals surface area contributed by atoms with Crippen LogP contribution >= 0.6 is 0 Å². The van der Waals surface area contributed by atoms with Gasteiger partial charge in [0.25, 0.3) is 0 Å². The first kappa shape index (κ1) is 17.8. The number of benzene rings is 2. The highest BCUT2D eigenvalue weighted by atomic mass is 19.1. The Morgan fingerprint density at radius 2 is 1.33 bits per heavy atom. The molecule has 0 saturated carbocycles. The molecule has 0 saturated heterocycles. The summed E-state index contributed by atoms with van der Waals surface area (Å²) in [5.74, 6) is -0.291. The number of hydrogen-bond acceptors (Lipinski definition) is 6. The van der Waals surface area contributed by atoms with Gasteiger partial charge >= 0.3 is 0 Å². The Bertz CT molecular complexity index is 1000. The molecular weight excluding hydrogens is 343 g/mol. The fourth-order valence-electron chi connectivity index (χ4n) is 2.38. The topological polar surface area (TPSA) is 97.4 Å². The van der Waals surface area contributed by atoms with Crippen molar-refractivity contribution in [1.29, 1.82) is 10.5 Å². The van der Waals surface area contributed by atoms with Crippen LogP contribution in [0.2, 0.25) is 0 Å². The van der Waals surface area contributed by atoms with Crippen molar-refractivity contribution in [2.45, 2.75) is 12.8 Å². The van der Waals surface area contributed by atoms with E-state index in [0.717, 1.165) is 23.0 Å². The van der Waals surface area contributed by atoms with Gasteiger partial charge in [-0.1, -0.05) is 24.3 Å². The second-order valence-corrected chi connectivity index (χ2v) is 5.70. The lowest BCUT2D eigenvalue weighted by Gasteiger charge is -2.10. The highest BCUT2D eigenvalue weighted by Gasteiger charge is 2.08. The van der Waals surface area contributed by atoms with Gasteiger partial charge in [0.1, 0.15) is 0 Å². The molecule has 2 aromatic carbocycles. The molecule has 0 spiro atoms. The minimum absolute atomic E-state index is 0.0432. The van der Waals surface area contributed by atoms with E-state index in [-0.39, 0.29) is 11.8 Å². The van der Waals surface area contributed by atoms with E-state index in [1.807, 2.05) is 12.1 Å². The van der Waals surface area contributed by atoms with Gasteiger partial charge in [0.2, 0.25) is 5.95 Å². The molecule has 0 unspecified atom stereocenters. The minimum atomic E-state index is -0.578. The van der Waals surface area contributed by atoms with E-state index < -0.39 is 5.82 Å². The summed E-state index contributed by atoms with van der Waals surface area (Å²) in [5.41, 5.74) is 3.18. The highest BCUT2D eigenvalue weighted by Crippen LogP contribution is 2.21. The summed E-state index contributed by atoms with van der Waals surface area (Å²) >= 11 is 0. The molecule has 0 aliphatic heterocycles. The molecular formula is C20H15FN6. The van der Waals surface area contributed by atoms with E-state index in [0.29, 0.717) is 18.5 Å². The largest absolute Gasteiger partial charge is 0.338 e. The molecule has 3 aromatic rings. The van der Waals surface area contributed by atoms with Crippen molar-refractivity contribution in [3.63, 3.8) is 0 Å². The fourth-order valence-corrected chi connectivity index (χ4v) is 2.38. The van der Waals surface area contributed by atoms with Crippen molar-refractivity contribution < 1.29 is 4.39 Å². The van der Waals surface area contributed by atoms with Gasteiger partial charge in [0.05, 0.1) is 31.2 Å². The molecule has 0 atom stereocenters. The van der Waals surface area contributed by atoms with Crippen molar-refractivity contribution >= 4 is 23.1 Å². The Hall–Kier alpha value is -3.97. The number of rotatable bonds is 6. The summed E-state index contributed by atoms with van der Waals surface area (Å²) in [6, 6.07) is 18.6. The van der Waals surface area contributed by atoms with Crippen molar-refractivity contribution in [2.24, 2.45) is 0 Å². The van der Waals surface area contributed by atoms with Crippen LogP contribution in [0.1, 0.15) is 11.1 Å². The predicted molar refractivity (Wildman–Crippen MR) is 100 cm³/mol. The van der Waals surface area contributed by atoms with Crippen LogP contribution in [0.3, 0.4) is 0 Å². The van der Waals surface area contributed by atoms with Crippen LogP contribution in [0.15, 0.2) is 54.7 Å².